The molecule has 1 N–H and O–H groups in total. The van der Waals surface area contributed by atoms with E-state index in [1.807, 2.05) is 0 Å². The number of carbonyl (C=O) groups excluding carboxylic acids is 1. The van der Waals surface area contributed by atoms with Gasteiger partial charge in [0.2, 0.25) is 5.91 Å². The third kappa shape index (κ3) is 3.81. The molecule has 0 spiro atoms. The Kier molecular flexibility index (Phi) is 4.13. The van der Waals surface area contributed by atoms with Gasteiger partial charge < -0.3 is 10.1 Å². The molecule has 0 aliphatic rings. The summed E-state index contributed by atoms with van der Waals surface area (Å²) >= 11 is 0. The number of hydrogen-bond acceptors (Lipinski definition) is 2. The van der Waals surface area contributed by atoms with Crippen molar-refractivity contribution in [3.8, 4) is 5.75 Å². The third-order valence-corrected chi connectivity index (χ3v) is 2.53. The second-order valence-electron chi connectivity index (χ2n) is 4.09. The summed E-state index contributed by atoms with van der Waals surface area (Å²) in [5.41, 5.74) is 1.21. The zero-order valence-corrected chi connectivity index (χ0v) is 10.5. The first-order valence-corrected chi connectivity index (χ1v) is 5.89. The molecule has 19 heavy (non-hydrogen) atoms. The van der Waals surface area contributed by atoms with Gasteiger partial charge in [-0.15, -0.1) is 0 Å². The SMILES string of the molecule is CC(=O)Nc1ccc(OCc2ccccc2F)cc1. The summed E-state index contributed by atoms with van der Waals surface area (Å²) in [5.74, 6) is 0.217. The fourth-order valence-corrected chi connectivity index (χ4v) is 1.61. The van der Waals surface area contributed by atoms with Crippen molar-refractivity contribution in [2.75, 3.05) is 5.32 Å². The lowest BCUT2D eigenvalue weighted by molar-refractivity contribution is -0.114. The summed E-state index contributed by atoms with van der Waals surface area (Å²) in [5, 5.41) is 2.66. The molecule has 0 saturated carbocycles. The Balaban J connectivity index is 1.97. The molecule has 2 aromatic rings. The Labute approximate surface area is 111 Å². The van der Waals surface area contributed by atoms with Gasteiger partial charge in [-0.1, -0.05) is 18.2 Å². The predicted molar refractivity (Wildman–Crippen MR) is 71.5 cm³/mol. The van der Waals surface area contributed by atoms with Crippen LogP contribution in [0.25, 0.3) is 0 Å². The second-order valence-corrected chi connectivity index (χ2v) is 4.09. The number of hydrogen-bond donors (Lipinski definition) is 1. The molecule has 0 heterocycles. The zero-order chi connectivity index (χ0) is 13.7. The fourth-order valence-electron chi connectivity index (χ4n) is 1.61. The van der Waals surface area contributed by atoms with Crippen LogP contribution in [0.5, 0.6) is 5.75 Å². The molecular formula is C15H14FNO2. The molecule has 2 aromatic carbocycles. The lowest BCUT2D eigenvalue weighted by atomic mass is 10.2. The highest BCUT2D eigenvalue weighted by Crippen LogP contribution is 2.17. The molecule has 0 radical (unpaired) electrons. The Morgan fingerprint density at radius 2 is 1.84 bits per heavy atom. The highest BCUT2D eigenvalue weighted by Gasteiger charge is 2.02. The third-order valence-electron chi connectivity index (χ3n) is 2.53. The first-order chi connectivity index (χ1) is 9.15. The molecule has 2 rings (SSSR count). The average molecular weight is 259 g/mol. The van der Waals surface area contributed by atoms with Crippen LogP contribution in [0, 0.1) is 5.82 Å². The number of amides is 1. The summed E-state index contributed by atoms with van der Waals surface area (Å²) in [6.45, 7) is 1.62. The van der Waals surface area contributed by atoms with Crippen LogP contribution in [-0.4, -0.2) is 5.91 Å². The Morgan fingerprint density at radius 3 is 2.47 bits per heavy atom. The van der Waals surface area contributed by atoms with E-state index in [0.29, 0.717) is 17.0 Å². The minimum atomic E-state index is -0.280. The van der Waals surface area contributed by atoms with Gasteiger partial charge in [0.25, 0.3) is 0 Å². The summed E-state index contributed by atoms with van der Waals surface area (Å²) in [6.07, 6.45) is 0. The Morgan fingerprint density at radius 1 is 1.16 bits per heavy atom. The van der Waals surface area contributed by atoms with Crippen LogP contribution in [0.2, 0.25) is 0 Å². The van der Waals surface area contributed by atoms with E-state index < -0.39 is 0 Å². The standard InChI is InChI=1S/C15H14FNO2/c1-11(18)17-13-6-8-14(9-7-13)19-10-12-4-2-3-5-15(12)16/h2-9H,10H2,1H3,(H,17,18). The normalized spacial score (nSPS) is 10.0. The average Bonchev–Trinajstić information content (AvgIpc) is 2.39. The van der Waals surface area contributed by atoms with Gasteiger partial charge in [0, 0.05) is 18.2 Å². The van der Waals surface area contributed by atoms with Crippen LogP contribution < -0.4 is 10.1 Å². The van der Waals surface area contributed by atoms with Crippen LogP contribution >= 0.6 is 0 Å². The van der Waals surface area contributed by atoms with E-state index in [2.05, 4.69) is 5.32 Å². The summed E-state index contributed by atoms with van der Waals surface area (Å²) < 4.78 is 18.9. The first-order valence-electron chi connectivity index (χ1n) is 5.89. The number of rotatable bonds is 4. The van der Waals surface area contributed by atoms with Gasteiger partial charge in [0.05, 0.1) is 0 Å². The molecular weight excluding hydrogens is 245 g/mol. The van der Waals surface area contributed by atoms with E-state index in [1.165, 1.54) is 13.0 Å². The Bertz CT molecular complexity index is 567. The molecule has 0 unspecified atom stereocenters. The number of carbonyl (C=O) groups is 1. The fraction of sp³-hybridized carbons (Fsp3) is 0.133. The van der Waals surface area contributed by atoms with Crippen molar-refractivity contribution in [2.45, 2.75) is 13.5 Å². The smallest absolute Gasteiger partial charge is 0.221 e. The number of halogens is 1. The van der Waals surface area contributed by atoms with Crippen molar-refractivity contribution < 1.29 is 13.9 Å². The van der Waals surface area contributed by atoms with Crippen LogP contribution in [0.1, 0.15) is 12.5 Å². The van der Waals surface area contributed by atoms with E-state index in [9.17, 15) is 9.18 Å². The van der Waals surface area contributed by atoms with Gasteiger partial charge in [0.15, 0.2) is 0 Å². The van der Waals surface area contributed by atoms with Crippen LogP contribution in [0.4, 0.5) is 10.1 Å². The molecule has 0 bridgehead atoms. The molecule has 0 fully saturated rings. The van der Waals surface area contributed by atoms with Crippen molar-refractivity contribution in [2.24, 2.45) is 0 Å². The number of benzene rings is 2. The molecule has 0 atom stereocenters. The number of ether oxygens (including phenoxy) is 1. The molecule has 4 heteroatoms. The Hall–Kier alpha value is -2.36. The first kappa shape index (κ1) is 13.1. The lowest BCUT2D eigenvalue weighted by Crippen LogP contribution is -2.05. The van der Waals surface area contributed by atoms with Gasteiger partial charge in [-0.3, -0.25) is 4.79 Å². The maximum Gasteiger partial charge on any atom is 0.221 e. The van der Waals surface area contributed by atoms with E-state index in [4.69, 9.17) is 4.74 Å². The largest absolute Gasteiger partial charge is 0.489 e. The van der Waals surface area contributed by atoms with Crippen LogP contribution in [0.15, 0.2) is 48.5 Å². The monoisotopic (exact) mass is 259 g/mol. The highest BCUT2D eigenvalue weighted by atomic mass is 19.1. The maximum atomic E-state index is 13.4. The number of nitrogens with one attached hydrogen (secondary N) is 1. The van der Waals surface area contributed by atoms with Crippen molar-refractivity contribution in [3.05, 3.63) is 59.9 Å². The summed E-state index contributed by atoms with van der Waals surface area (Å²) in [6, 6.07) is 13.4. The van der Waals surface area contributed by atoms with Crippen molar-refractivity contribution >= 4 is 11.6 Å². The predicted octanol–water partition coefficient (Wildman–Crippen LogP) is 3.36. The van der Waals surface area contributed by atoms with Crippen molar-refractivity contribution in [1.82, 2.24) is 0 Å². The molecule has 0 aliphatic carbocycles. The molecule has 0 aliphatic heterocycles. The van der Waals surface area contributed by atoms with Crippen LogP contribution in [-0.2, 0) is 11.4 Å². The zero-order valence-electron chi connectivity index (χ0n) is 10.5. The van der Waals surface area contributed by atoms with Crippen molar-refractivity contribution in [1.29, 1.82) is 0 Å². The van der Waals surface area contributed by atoms with E-state index in [-0.39, 0.29) is 18.3 Å². The quantitative estimate of drug-likeness (QED) is 0.914. The lowest BCUT2D eigenvalue weighted by Gasteiger charge is -2.08. The van der Waals surface area contributed by atoms with Gasteiger partial charge in [0.1, 0.15) is 18.2 Å². The van der Waals surface area contributed by atoms with E-state index >= 15 is 0 Å². The second kappa shape index (κ2) is 6.00. The van der Waals surface area contributed by atoms with Gasteiger partial charge in [-0.2, -0.15) is 0 Å². The topological polar surface area (TPSA) is 38.3 Å². The molecule has 3 nitrogen and oxygen atoms in total. The molecule has 98 valence electrons. The summed E-state index contributed by atoms with van der Waals surface area (Å²) in [4.78, 5) is 10.9. The summed E-state index contributed by atoms with van der Waals surface area (Å²) in [7, 11) is 0. The van der Waals surface area contributed by atoms with Crippen molar-refractivity contribution in [3.63, 3.8) is 0 Å². The van der Waals surface area contributed by atoms with Gasteiger partial charge >= 0.3 is 0 Å². The molecule has 0 aromatic heterocycles. The van der Waals surface area contributed by atoms with E-state index in [1.54, 1.807) is 42.5 Å². The minimum absolute atomic E-state index is 0.125. The van der Waals surface area contributed by atoms with Gasteiger partial charge in [-0.25, -0.2) is 4.39 Å². The maximum absolute atomic E-state index is 13.4. The van der Waals surface area contributed by atoms with Crippen LogP contribution in [0.3, 0.4) is 0 Å². The highest BCUT2D eigenvalue weighted by molar-refractivity contribution is 5.88. The molecule has 0 saturated heterocycles. The minimum Gasteiger partial charge on any atom is -0.489 e. The van der Waals surface area contributed by atoms with E-state index in [0.717, 1.165) is 0 Å². The molecule has 1 amide bonds. The van der Waals surface area contributed by atoms with Gasteiger partial charge in [-0.05, 0) is 30.3 Å². The number of anilines is 1.